The Labute approximate surface area is 101 Å². The highest BCUT2D eigenvalue weighted by molar-refractivity contribution is 14.1. The van der Waals surface area contributed by atoms with Gasteiger partial charge in [-0.3, -0.25) is 14.2 Å². The van der Waals surface area contributed by atoms with Gasteiger partial charge >= 0.3 is 5.97 Å². The van der Waals surface area contributed by atoms with E-state index in [1.807, 2.05) is 22.6 Å². The molecule has 0 aromatic carbocycles. The maximum Gasteiger partial charge on any atom is 0.305 e. The summed E-state index contributed by atoms with van der Waals surface area (Å²) in [7, 11) is 1.35. The van der Waals surface area contributed by atoms with Crippen molar-refractivity contribution in [2.24, 2.45) is 0 Å². The quantitative estimate of drug-likeness (QED) is 0.608. The maximum atomic E-state index is 11.5. The van der Waals surface area contributed by atoms with Gasteiger partial charge in [-0.2, -0.15) is 0 Å². The third kappa shape index (κ3) is 3.61. The molecule has 0 amide bonds. The number of rotatable bonds is 4. The molecule has 0 saturated carbocycles. The smallest absolute Gasteiger partial charge is 0.305 e. The number of halogens is 1. The van der Waals surface area contributed by atoms with E-state index in [1.54, 1.807) is 0 Å². The summed E-state index contributed by atoms with van der Waals surface area (Å²) in [5.74, 6) is -0.262. The lowest BCUT2D eigenvalue weighted by Gasteiger charge is -2.04. The molecule has 0 N–H and O–H groups in total. The molecule has 82 valence electrons. The Kier molecular flexibility index (Phi) is 4.73. The normalized spacial score (nSPS) is 10.0. The van der Waals surface area contributed by atoms with Gasteiger partial charge in [0.1, 0.15) is 0 Å². The van der Waals surface area contributed by atoms with Gasteiger partial charge in [-0.1, -0.05) is 0 Å². The van der Waals surface area contributed by atoms with Gasteiger partial charge in [-0.25, -0.2) is 4.98 Å². The van der Waals surface area contributed by atoms with E-state index in [0.29, 0.717) is 23.0 Å². The number of methoxy groups -OCH3 is 1. The van der Waals surface area contributed by atoms with Gasteiger partial charge in [-0.05, 0) is 29.0 Å². The first-order chi connectivity index (χ1) is 7.15. The molecule has 0 spiro atoms. The van der Waals surface area contributed by atoms with Gasteiger partial charge in [0.15, 0.2) is 0 Å². The number of esters is 1. The van der Waals surface area contributed by atoms with E-state index < -0.39 is 0 Å². The van der Waals surface area contributed by atoms with Crippen LogP contribution in [0.4, 0.5) is 0 Å². The predicted octanol–water partition coefficient (Wildman–Crippen LogP) is 0.801. The number of carbonyl (C=O) groups excluding carboxylic acids is 1. The predicted molar refractivity (Wildman–Crippen MR) is 62.5 cm³/mol. The Bertz CT molecular complexity index is 403. The van der Waals surface area contributed by atoms with E-state index >= 15 is 0 Å². The summed E-state index contributed by atoms with van der Waals surface area (Å²) in [6.07, 6.45) is 3.88. The fraction of sp³-hybridized carbons (Fsp3) is 0.444. The van der Waals surface area contributed by atoms with Crippen molar-refractivity contribution in [1.29, 1.82) is 0 Å². The van der Waals surface area contributed by atoms with Crippen LogP contribution in [0.25, 0.3) is 0 Å². The second-order valence-electron chi connectivity index (χ2n) is 2.92. The molecule has 0 aliphatic rings. The van der Waals surface area contributed by atoms with E-state index in [-0.39, 0.29) is 11.5 Å². The molecule has 0 fully saturated rings. The van der Waals surface area contributed by atoms with Crippen molar-refractivity contribution in [2.75, 3.05) is 7.11 Å². The summed E-state index contributed by atoms with van der Waals surface area (Å²) in [4.78, 5) is 26.2. The lowest BCUT2D eigenvalue weighted by Crippen LogP contribution is -2.22. The van der Waals surface area contributed by atoms with E-state index in [0.717, 1.165) is 0 Å². The second-order valence-corrected chi connectivity index (χ2v) is 4.08. The third-order valence-corrected chi connectivity index (χ3v) is 2.61. The highest BCUT2D eigenvalue weighted by Gasteiger charge is 2.03. The Balaban J connectivity index is 2.55. The zero-order chi connectivity index (χ0) is 11.3. The minimum atomic E-state index is -0.262. The van der Waals surface area contributed by atoms with Gasteiger partial charge in [0, 0.05) is 19.2 Å². The van der Waals surface area contributed by atoms with Crippen LogP contribution < -0.4 is 5.56 Å². The fourth-order valence-corrected chi connectivity index (χ4v) is 1.55. The minimum Gasteiger partial charge on any atom is -0.469 e. The summed E-state index contributed by atoms with van der Waals surface area (Å²) in [6, 6.07) is 0. The standard InChI is InChI=1S/C9H11IN2O3/c1-15-8(13)3-2-4-12-6-11-5-7(10)9(12)14/h5-6H,2-4H2,1H3. The first-order valence-corrected chi connectivity index (χ1v) is 5.50. The molecule has 0 bridgehead atoms. The van der Waals surface area contributed by atoms with Crippen LogP contribution in [0.3, 0.4) is 0 Å². The number of hydrogen-bond donors (Lipinski definition) is 0. The van der Waals surface area contributed by atoms with E-state index in [2.05, 4.69) is 9.72 Å². The van der Waals surface area contributed by atoms with Crippen LogP contribution in [-0.2, 0) is 16.1 Å². The summed E-state index contributed by atoms with van der Waals surface area (Å²) < 4.78 is 6.57. The van der Waals surface area contributed by atoms with Crippen molar-refractivity contribution in [3.05, 3.63) is 26.4 Å². The number of carbonyl (C=O) groups is 1. The Hall–Kier alpha value is -0.920. The lowest BCUT2D eigenvalue weighted by molar-refractivity contribution is -0.140. The molecule has 0 aliphatic carbocycles. The molecule has 1 heterocycles. The molecule has 0 unspecified atom stereocenters. The molecule has 15 heavy (non-hydrogen) atoms. The number of nitrogens with zero attached hydrogens (tertiary/aromatic N) is 2. The molecule has 0 aliphatic heterocycles. The summed E-state index contributed by atoms with van der Waals surface area (Å²) in [5, 5.41) is 0. The molecule has 0 atom stereocenters. The molecular formula is C9H11IN2O3. The average molecular weight is 322 g/mol. The van der Waals surface area contributed by atoms with E-state index in [4.69, 9.17) is 0 Å². The van der Waals surface area contributed by atoms with Crippen LogP contribution >= 0.6 is 22.6 Å². The van der Waals surface area contributed by atoms with E-state index in [1.165, 1.54) is 24.2 Å². The van der Waals surface area contributed by atoms with Gasteiger partial charge < -0.3 is 4.74 Å². The van der Waals surface area contributed by atoms with Crippen molar-refractivity contribution in [2.45, 2.75) is 19.4 Å². The Morgan fingerprint density at radius 3 is 3.07 bits per heavy atom. The minimum absolute atomic E-state index is 0.0736. The van der Waals surface area contributed by atoms with Gasteiger partial charge in [0.2, 0.25) is 0 Å². The first-order valence-electron chi connectivity index (χ1n) is 4.42. The van der Waals surface area contributed by atoms with Gasteiger partial charge in [0.25, 0.3) is 5.56 Å². The maximum absolute atomic E-state index is 11.5. The highest BCUT2D eigenvalue weighted by Crippen LogP contribution is 1.97. The largest absolute Gasteiger partial charge is 0.469 e. The summed E-state index contributed by atoms with van der Waals surface area (Å²) >= 11 is 1.94. The van der Waals surface area contributed by atoms with Crippen LogP contribution in [0.1, 0.15) is 12.8 Å². The third-order valence-electron chi connectivity index (χ3n) is 1.87. The van der Waals surface area contributed by atoms with Crippen LogP contribution in [-0.4, -0.2) is 22.6 Å². The topological polar surface area (TPSA) is 61.2 Å². The molecular weight excluding hydrogens is 311 g/mol. The zero-order valence-corrected chi connectivity index (χ0v) is 10.4. The zero-order valence-electron chi connectivity index (χ0n) is 8.27. The van der Waals surface area contributed by atoms with Crippen molar-refractivity contribution >= 4 is 28.6 Å². The van der Waals surface area contributed by atoms with Crippen molar-refractivity contribution in [3.63, 3.8) is 0 Å². The van der Waals surface area contributed by atoms with Crippen molar-refractivity contribution < 1.29 is 9.53 Å². The first kappa shape index (κ1) is 12.2. The fourth-order valence-electron chi connectivity index (χ4n) is 1.08. The SMILES string of the molecule is COC(=O)CCCn1cncc(I)c1=O. The molecule has 6 heteroatoms. The molecule has 0 radical (unpaired) electrons. The molecule has 1 aromatic rings. The highest BCUT2D eigenvalue weighted by atomic mass is 127. The molecule has 0 saturated heterocycles. The van der Waals surface area contributed by atoms with Crippen molar-refractivity contribution in [1.82, 2.24) is 9.55 Å². The Morgan fingerprint density at radius 2 is 2.40 bits per heavy atom. The summed E-state index contributed by atoms with van der Waals surface area (Å²) in [5.41, 5.74) is -0.0736. The van der Waals surface area contributed by atoms with Crippen LogP contribution in [0.2, 0.25) is 0 Å². The van der Waals surface area contributed by atoms with Crippen LogP contribution in [0.5, 0.6) is 0 Å². The molecule has 5 nitrogen and oxygen atoms in total. The second kappa shape index (κ2) is 5.84. The van der Waals surface area contributed by atoms with Gasteiger partial charge in [0.05, 0.1) is 17.0 Å². The Morgan fingerprint density at radius 1 is 1.67 bits per heavy atom. The van der Waals surface area contributed by atoms with Crippen molar-refractivity contribution in [3.8, 4) is 0 Å². The number of hydrogen-bond acceptors (Lipinski definition) is 4. The number of aromatic nitrogens is 2. The lowest BCUT2D eigenvalue weighted by atomic mass is 10.3. The number of ether oxygens (including phenoxy) is 1. The van der Waals surface area contributed by atoms with Gasteiger partial charge in [-0.15, -0.1) is 0 Å². The molecule has 1 aromatic heterocycles. The van der Waals surface area contributed by atoms with E-state index in [9.17, 15) is 9.59 Å². The summed E-state index contributed by atoms with van der Waals surface area (Å²) in [6.45, 7) is 0.484. The van der Waals surface area contributed by atoms with Crippen LogP contribution in [0, 0.1) is 3.57 Å². The van der Waals surface area contributed by atoms with Crippen LogP contribution in [0.15, 0.2) is 17.3 Å². The monoisotopic (exact) mass is 322 g/mol. The molecule has 1 rings (SSSR count). The average Bonchev–Trinajstić information content (AvgIpc) is 2.24. The number of aryl methyl sites for hydroxylation is 1.